The Bertz CT molecular complexity index is 1300. The zero-order chi connectivity index (χ0) is 23.5. The highest BCUT2D eigenvalue weighted by Crippen LogP contribution is 2.35. The highest BCUT2D eigenvalue weighted by Gasteiger charge is 2.22. The first kappa shape index (κ1) is 21.9. The summed E-state index contributed by atoms with van der Waals surface area (Å²) in [5.74, 6) is 0.834. The van der Waals surface area contributed by atoms with Crippen LogP contribution in [0.4, 0.5) is 23.0 Å². The number of nitro groups is 1. The van der Waals surface area contributed by atoms with Gasteiger partial charge in [-0.05, 0) is 48.7 Å². The van der Waals surface area contributed by atoms with Crippen molar-refractivity contribution < 1.29 is 4.92 Å². The van der Waals surface area contributed by atoms with Crippen molar-refractivity contribution in [2.75, 3.05) is 17.3 Å². The number of nitrogens with zero attached hydrogens (tertiary/aromatic N) is 4. The molecule has 0 aliphatic heterocycles. The largest absolute Gasteiger partial charge is 0.352 e. The lowest BCUT2D eigenvalue weighted by Crippen LogP contribution is -2.16. The van der Waals surface area contributed by atoms with E-state index in [1.807, 2.05) is 66.5 Å². The van der Waals surface area contributed by atoms with Gasteiger partial charge in [-0.25, -0.2) is 4.98 Å². The summed E-state index contributed by atoms with van der Waals surface area (Å²) in [6.45, 7) is 0.464. The Hall–Kier alpha value is -3.87. The molecule has 1 saturated carbocycles. The number of anilines is 3. The summed E-state index contributed by atoms with van der Waals surface area (Å²) in [4.78, 5) is 18.3. The van der Waals surface area contributed by atoms with E-state index in [1.165, 1.54) is 19.3 Å². The number of para-hydroxylation sites is 3. The fraction of sp³-hybridized carbons (Fsp3) is 0.296. The molecule has 5 rings (SSSR count). The first-order valence-electron chi connectivity index (χ1n) is 11.9. The van der Waals surface area contributed by atoms with E-state index in [4.69, 9.17) is 4.98 Å². The number of benzene rings is 3. The standard InChI is InChI=1S/C27H29N5O2/c1-30(21-10-4-2-5-11-21)25-17-16-20(18-26(25)32(33)34)19-28-27-29-23-14-8-9-15-24(23)31(27)22-12-6-3-7-13-22/h2,4-5,8-11,14-18,22H,3,6-7,12-13,19H2,1H3,(H,28,29). The topological polar surface area (TPSA) is 76.2 Å². The first-order chi connectivity index (χ1) is 16.6. The summed E-state index contributed by atoms with van der Waals surface area (Å²) >= 11 is 0. The van der Waals surface area contributed by atoms with Gasteiger partial charge in [0.15, 0.2) is 0 Å². The maximum Gasteiger partial charge on any atom is 0.293 e. The zero-order valence-corrected chi connectivity index (χ0v) is 19.4. The van der Waals surface area contributed by atoms with Gasteiger partial charge >= 0.3 is 0 Å². The van der Waals surface area contributed by atoms with Gasteiger partial charge in [0.05, 0.1) is 16.0 Å². The lowest BCUT2D eigenvalue weighted by Gasteiger charge is -2.25. The van der Waals surface area contributed by atoms with Gasteiger partial charge in [0.1, 0.15) is 5.69 Å². The predicted octanol–water partition coefficient (Wildman–Crippen LogP) is 6.83. The summed E-state index contributed by atoms with van der Waals surface area (Å²) in [5, 5.41) is 15.4. The van der Waals surface area contributed by atoms with E-state index in [0.29, 0.717) is 18.3 Å². The highest BCUT2D eigenvalue weighted by molar-refractivity contribution is 5.79. The van der Waals surface area contributed by atoms with E-state index in [9.17, 15) is 10.1 Å². The second-order valence-corrected chi connectivity index (χ2v) is 8.91. The van der Waals surface area contributed by atoms with Gasteiger partial charge in [0.25, 0.3) is 5.69 Å². The van der Waals surface area contributed by atoms with Crippen LogP contribution in [0.25, 0.3) is 11.0 Å². The summed E-state index contributed by atoms with van der Waals surface area (Å²) in [6, 6.07) is 23.8. The molecule has 7 nitrogen and oxygen atoms in total. The smallest absolute Gasteiger partial charge is 0.293 e. The predicted molar refractivity (Wildman–Crippen MR) is 137 cm³/mol. The quantitative estimate of drug-likeness (QED) is 0.244. The van der Waals surface area contributed by atoms with E-state index in [-0.39, 0.29) is 10.6 Å². The molecule has 1 aromatic heterocycles. The van der Waals surface area contributed by atoms with E-state index >= 15 is 0 Å². The fourth-order valence-electron chi connectivity index (χ4n) is 4.96. The molecule has 1 N–H and O–H groups in total. The second-order valence-electron chi connectivity index (χ2n) is 8.91. The van der Waals surface area contributed by atoms with Crippen molar-refractivity contribution in [1.29, 1.82) is 0 Å². The maximum absolute atomic E-state index is 11.9. The molecule has 0 radical (unpaired) electrons. The lowest BCUT2D eigenvalue weighted by molar-refractivity contribution is -0.384. The third-order valence-electron chi connectivity index (χ3n) is 6.73. The Kier molecular flexibility index (Phi) is 6.16. The summed E-state index contributed by atoms with van der Waals surface area (Å²) in [5.41, 5.74) is 4.52. The highest BCUT2D eigenvalue weighted by atomic mass is 16.6. The van der Waals surface area contributed by atoms with Gasteiger partial charge in [-0.1, -0.05) is 55.7 Å². The lowest BCUT2D eigenvalue weighted by atomic mass is 9.95. The number of fused-ring (bicyclic) bond motifs is 1. The minimum Gasteiger partial charge on any atom is -0.352 e. The van der Waals surface area contributed by atoms with E-state index in [0.717, 1.165) is 41.1 Å². The van der Waals surface area contributed by atoms with E-state index < -0.39 is 0 Å². The van der Waals surface area contributed by atoms with Crippen LogP contribution in [-0.2, 0) is 6.54 Å². The molecule has 3 aromatic carbocycles. The van der Waals surface area contributed by atoms with Crippen molar-refractivity contribution in [3.63, 3.8) is 0 Å². The average Bonchev–Trinajstić information content (AvgIpc) is 3.26. The fourth-order valence-corrected chi connectivity index (χ4v) is 4.96. The SMILES string of the molecule is CN(c1ccccc1)c1ccc(CNc2nc3ccccc3n2C2CCCCC2)cc1[N+](=O)[O-]. The number of hydrogen-bond acceptors (Lipinski definition) is 5. The number of hydrogen-bond donors (Lipinski definition) is 1. The molecule has 1 aliphatic carbocycles. The number of nitro benzene ring substituents is 1. The van der Waals surface area contributed by atoms with Crippen molar-refractivity contribution in [3.8, 4) is 0 Å². The van der Waals surface area contributed by atoms with Crippen LogP contribution in [0.5, 0.6) is 0 Å². The van der Waals surface area contributed by atoms with E-state index in [2.05, 4.69) is 22.0 Å². The molecule has 1 heterocycles. The molecule has 1 aliphatic rings. The Morgan fingerprint density at radius 1 is 1.03 bits per heavy atom. The summed E-state index contributed by atoms with van der Waals surface area (Å²) < 4.78 is 2.33. The number of imidazole rings is 1. The van der Waals surface area contributed by atoms with Gasteiger partial charge in [-0.3, -0.25) is 10.1 Å². The van der Waals surface area contributed by atoms with Crippen LogP contribution in [0, 0.1) is 10.1 Å². The molecule has 34 heavy (non-hydrogen) atoms. The third-order valence-corrected chi connectivity index (χ3v) is 6.73. The van der Waals surface area contributed by atoms with Crippen LogP contribution in [0.3, 0.4) is 0 Å². The monoisotopic (exact) mass is 455 g/mol. The molecule has 0 amide bonds. The molecule has 0 saturated heterocycles. The van der Waals surface area contributed by atoms with Crippen LogP contribution in [0.15, 0.2) is 72.8 Å². The normalized spacial score (nSPS) is 14.3. The molecule has 0 bridgehead atoms. The summed E-state index contributed by atoms with van der Waals surface area (Å²) in [7, 11) is 1.85. The van der Waals surface area contributed by atoms with Crippen LogP contribution in [-0.4, -0.2) is 21.5 Å². The van der Waals surface area contributed by atoms with Crippen LogP contribution in [0.1, 0.15) is 43.7 Å². The first-order valence-corrected chi connectivity index (χ1v) is 11.9. The minimum atomic E-state index is -0.310. The molecule has 4 aromatic rings. The number of nitrogens with one attached hydrogen (secondary N) is 1. The maximum atomic E-state index is 11.9. The molecular formula is C27H29N5O2. The molecule has 0 unspecified atom stereocenters. The zero-order valence-electron chi connectivity index (χ0n) is 19.4. The van der Waals surface area contributed by atoms with Crippen molar-refractivity contribution in [2.24, 2.45) is 0 Å². The van der Waals surface area contributed by atoms with Crippen molar-refractivity contribution in [2.45, 2.75) is 44.7 Å². The molecular weight excluding hydrogens is 426 g/mol. The third kappa shape index (κ3) is 4.33. The molecule has 0 atom stereocenters. The molecule has 0 spiro atoms. The van der Waals surface area contributed by atoms with Crippen LogP contribution in [0.2, 0.25) is 0 Å². The Balaban J connectivity index is 1.42. The van der Waals surface area contributed by atoms with Crippen molar-refractivity contribution >= 4 is 34.0 Å². The molecule has 1 fully saturated rings. The van der Waals surface area contributed by atoms with Gasteiger partial charge in [0.2, 0.25) is 5.95 Å². The Morgan fingerprint density at radius 3 is 2.53 bits per heavy atom. The average molecular weight is 456 g/mol. The Labute approximate surface area is 199 Å². The minimum absolute atomic E-state index is 0.0893. The van der Waals surface area contributed by atoms with Crippen LogP contribution < -0.4 is 10.2 Å². The van der Waals surface area contributed by atoms with E-state index in [1.54, 1.807) is 6.07 Å². The Morgan fingerprint density at radius 2 is 1.76 bits per heavy atom. The van der Waals surface area contributed by atoms with Gasteiger partial charge in [0, 0.05) is 31.4 Å². The second kappa shape index (κ2) is 9.55. The van der Waals surface area contributed by atoms with Gasteiger partial charge < -0.3 is 14.8 Å². The summed E-state index contributed by atoms with van der Waals surface area (Å²) in [6.07, 6.45) is 6.07. The van der Waals surface area contributed by atoms with Gasteiger partial charge in [-0.15, -0.1) is 0 Å². The van der Waals surface area contributed by atoms with Crippen molar-refractivity contribution in [1.82, 2.24) is 9.55 Å². The molecule has 7 heteroatoms. The number of aromatic nitrogens is 2. The number of rotatable bonds is 7. The molecule has 174 valence electrons. The van der Waals surface area contributed by atoms with Gasteiger partial charge in [-0.2, -0.15) is 0 Å². The van der Waals surface area contributed by atoms with Crippen molar-refractivity contribution in [3.05, 3.63) is 88.5 Å². The van der Waals surface area contributed by atoms with Crippen LogP contribution >= 0.6 is 0 Å².